The average Bonchev–Trinajstić information content (AvgIpc) is 3.03. The van der Waals surface area contributed by atoms with E-state index in [1.807, 2.05) is 41.6 Å². The molecule has 1 amide bonds. The highest BCUT2D eigenvalue weighted by Crippen LogP contribution is 2.36. The lowest BCUT2D eigenvalue weighted by molar-refractivity contribution is -0.116. The Morgan fingerprint density at radius 2 is 2.19 bits per heavy atom. The van der Waals surface area contributed by atoms with Gasteiger partial charge in [0.05, 0.1) is 11.4 Å². The van der Waals surface area contributed by atoms with Crippen LogP contribution in [0.3, 0.4) is 0 Å². The molecule has 0 unspecified atom stereocenters. The minimum Gasteiger partial charge on any atom is -0.310 e. The maximum absolute atomic E-state index is 12.0. The lowest BCUT2D eigenvalue weighted by atomic mass is 10.2. The first-order valence-corrected chi connectivity index (χ1v) is 8.40. The van der Waals surface area contributed by atoms with Crippen molar-refractivity contribution in [3.8, 4) is 5.69 Å². The molecule has 1 aromatic heterocycles. The summed E-state index contributed by atoms with van der Waals surface area (Å²) in [4.78, 5) is 12.0. The van der Waals surface area contributed by atoms with E-state index in [1.165, 1.54) is 5.56 Å². The van der Waals surface area contributed by atoms with Crippen LogP contribution in [-0.4, -0.2) is 15.7 Å². The highest BCUT2D eigenvalue weighted by molar-refractivity contribution is 7.98. The SMILES string of the molecule is CCCC(=O)Nc1c2c(nn1-c1ccccc1C)CSC2. The second kappa shape index (κ2) is 5.93. The van der Waals surface area contributed by atoms with Crippen molar-refractivity contribution in [2.75, 3.05) is 5.32 Å². The predicted molar refractivity (Wildman–Crippen MR) is 86.8 cm³/mol. The molecule has 1 aliphatic rings. The molecule has 1 N–H and O–H groups in total. The summed E-state index contributed by atoms with van der Waals surface area (Å²) < 4.78 is 1.90. The molecule has 21 heavy (non-hydrogen) atoms. The highest BCUT2D eigenvalue weighted by Gasteiger charge is 2.24. The summed E-state index contributed by atoms with van der Waals surface area (Å²) in [5.41, 5.74) is 4.45. The number of carbonyl (C=O) groups excluding carboxylic acids is 1. The van der Waals surface area contributed by atoms with Gasteiger partial charge in [-0.25, -0.2) is 4.68 Å². The number of hydrogen-bond acceptors (Lipinski definition) is 3. The first-order valence-electron chi connectivity index (χ1n) is 7.25. The standard InChI is InChI=1S/C16H19N3OS/c1-3-6-15(20)17-16-12-9-21-10-13(12)18-19(16)14-8-5-4-7-11(14)2/h4-5,7-8H,3,6,9-10H2,1-2H3,(H,17,20). The van der Waals surface area contributed by atoms with Crippen LogP contribution >= 0.6 is 11.8 Å². The van der Waals surface area contributed by atoms with Crippen molar-refractivity contribution in [3.05, 3.63) is 41.1 Å². The number of hydrogen-bond donors (Lipinski definition) is 1. The number of aryl methyl sites for hydroxylation is 1. The third-order valence-electron chi connectivity index (χ3n) is 3.63. The second-order valence-electron chi connectivity index (χ2n) is 5.26. The molecule has 0 fully saturated rings. The summed E-state index contributed by atoms with van der Waals surface area (Å²) in [6.45, 7) is 4.08. The minimum atomic E-state index is 0.0620. The Hall–Kier alpha value is -1.75. The zero-order valence-electron chi connectivity index (χ0n) is 12.3. The van der Waals surface area contributed by atoms with Crippen molar-refractivity contribution in [2.24, 2.45) is 0 Å². The summed E-state index contributed by atoms with van der Waals surface area (Å²) >= 11 is 1.85. The van der Waals surface area contributed by atoms with Crippen molar-refractivity contribution >= 4 is 23.5 Å². The molecule has 0 radical (unpaired) electrons. The zero-order chi connectivity index (χ0) is 14.8. The molecule has 110 valence electrons. The smallest absolute Gasteiger partial charge is 0.225 e. The maximum Gasteiger partial charge on any atom is 0.225 e. The molecule has 3 rings (SSSR count). The van der Waals surface area contributed by atoms with Crippen LogP contribution in [0.15, 0.2) is 24.3 Å². The Morgan fingerprint density at radius 1 is 1.38 bits per heavy atom. The number of rotatable bonds is 4. The Kier molecular flexibility index (Phi) is 4.01. The van der Waals surface area contributed by atoms with Crippen LogP contribution < -0.4 is 5.32 Å². The van der Waals surface area contributed by atoms with Crippen LogP contribution in [0, 0.1) is 6.92 Å². The third-order valence-corrected chi connectivity index (χ3v) is 4.60. The van der Waals surface area contributed by atoms with Crippen molar-refractivity contribution < 1.29 is 4.79 Å². The van der Waals surface area contributed by atoms with E-state index in [1.54, 1.807) is 0 Å². The lowest BCUT2D eigenvalue weighted by Gasteiger charge is -2.12. The summed E-state index contributed by atoms with van der Waals surface area (Å²) in [6.07, 6.45) is 1.39. The van der Waals surface area contributed by atoms with Gasteiger partial charge in [0, 0.05) is 23.5 Å². The number of carbonyl (C=O) groups is 1. The molecule has 1 aromatic carbocycles. The quantitative estimate of drug-likeness (QED) is 0.937. The molecule has 1 aliphatic heterocycles. The number of benzene rings is 1. The molecule has 4 nitrogen and oxygen atoms in total. The predicted octanol–water partition coefficient (Wildman–Crippen LogP) is 3.67. The van der Waals surface area contributed by atoms with Gasteiger partial charge in [-0.05, 0) is 25.0 Å². The van der Waals surface area contributed by atoms with Gasteiger partial charge < -0.3 is 5.32 Å². The zero-order valence-corrected chi connectivity index (χ0v) is 13.2. The minimum absolute atomic E-state index is 0.0620. The largest absolute Gasteiger partial charge is 0.310 e. The number of amides is 1. The monoisotopic (exact) mass is 301 g/mol. The summed E-state index contributed by atoms with van der Waals surface area (Å²) in [7, 11) is 0. The van der Waals surface area contributed by atoms with Gasteiger partial charge in [-0.3, -0.25) is 4.79 Å². The van der Waals surface area contributed by atoms with Crippen LogP contribution in [0.5, 0.6) is 0 Å². The number of nitrogens with zero attached hydrogens (tertiary/aromatic N) is 2. The van der Waals surface area contributed by atoms with Crippen molar-refractivity contribution in [2.45, 2.75) is 38.2 Å². The molecule has 0 bridgehead atoms. The van der Waals surface area contributed by atoms with E-state index >= 15 is 0 Å². The molecule has 0 atom stereocenters. The van der Waals surface area contributed by atoms with Gasteiger partial charge in [0.1, 0.15) is 5.82 Å². The number of thioether (sulfide) groups is 1. The first kappa shape index (κ1) is 14.2. The van der Waals surface area contributed by atoms with Gasteiger partial charge in [-0.2, -0.15) is 16.9 Å². The van der Waals surface area contributed by atoms with Crippen LogP contribution in [0.1, 0.15) is 36.6 Å². The Morgan fingerprint density at radius 3 is 2.95 bits per heavy atom. The van der Waals surface area contributed by atoms with Crippen LogP contribution in [0.2, 0.25) is 0 Å². The third kappa shape index (κ3) is 2.70. The number of anilines is 1. The molecule has 2 heterocycles. The molecule has 2 aromatic rings. The van der Waals surface area contributed by atoms with Gasteiger partial charge in [-0.1, -0.05) is 25.1 Å². The summed E-state index contributed by atoms with van der Waals surface area (Å²) in [5, 5.41) is 7.78. The molecule has 5 heteroatoms. The van der Waals surface area contributed by atoms with Crippen molar-refractivity contribution in [1.82, 2.24) is 9.78 Å². The van der Waals surface area contributed by atoms with E-state index in [-0.39, 0.29) is 5.91 Å². The fourth-order valence-corrected chi connectivity index (χ4v) is 3.57. The van der Waals surface area contributed by atoms with Gasteiger partial charge in [0.2, 0.25) is 5.91 Å². The molecular weight excluding hydrogens is 282 g/mol. The van der Waals surface area contributed by atoms with E-state index in [9.17, 15) is 4.79 Å². The van der Waals surface area contributed by atoms with E-state index in [2.05, 4.69) is 18.3 Å². The van der Waals surface area contributed by atoms with E-state index in [0.717, 1.165) is 40.7 Å². The van der Waals surface area contributed by atoms with Crippen LogP contribution in [0.4, 0.5) is 5.82 Å². The topological polar surface area (TPSA) is 46.9 Å². The fraction of sp³-hybridized carbons (Fsp3) is 0.375. The second-order valence-corrected chi connectivity index (χ2v) is 6.25. The normalized spacial score (nSPS) is 13.2. The average molecular weight is 301 g/mol. The van der Waals surface area contributed by atoms with Crippen molar-refractivity contribution in [1.29, 1.82) is 0 Å². The van der Waals surface area contributed by atoms with Crippen LogP contribution in [0.25, 0.3) is 5.69 Å². The van der Waals surface area contributed by atoms with E-state index < -0.39 is 0 Å². The van der Waals surface area contributed by atoms with Crippen molar-refractivity contribution in [3.63, 3.8) is 0 Å². The van der Waals surface area contributed by atoms with Crippen LogP contribution in [-0.2, 0) is 16.3 Å². The Balaban J connectivity index is 2.05. The number of nitrogens with one attached hydrogen (secondary N) is 1. The van der Waals surface area contributed by atoms with Gasteiger partial charge in [0.25, 0.3) is 0 Å². The Bertz CT molecular complexity index is 678. The lowest BCUT2D eigenvalue weighted by Crippen LogP contribution is -2.15. The number of fused-ring (bicyclic) bond motifs is 1. The van der Waals surface area contributed by atoms with E-state index in [0.29, 0.717) is 6.42 Å². The first-order chi connectivity index (χ1) is 10.2. The molecule has 0 spiro atoms. The Labute approximate surface area is 128 Å². The number of aromatic nitrogens is 2. The molecule has 0 saturated carbocycles. The van der Waals surface area contributed by atoms with Gasteiger partial charge in [0.15, 0.2) is 0 Å². The molecular formula is C16H19N3OS. The van der Waals surface area contributed by atoms with E-state index in [4.69, 9.17) is 5.10 Å². The molecule has 0 saturated heterocycles. The molecule has 0 aliphatic carbocycles. The summed E-state index contributed by atoms with van der Waals surface area (Å²) in [5.74, 6) is 2.75. The number of para-hydroxylation sites is 1. The maximum atomic E-state index is 12.0. The van der Waals surface area contributed by atoms with Gasteiger partial charge >= 0.3 is 0 Å². The summed E-state index contributed by atoms with van der Waals surface area (Å²) in [6, 6.07) is 8.12. The highest BCUT2D eigenvalue weighted by atomic mass is 32.2. The van der Waals surface area contributed by atoms with Gasteiger partial charge in [-0.15, -0.1) is 0 Å². The fourth-order valence-electron chi connectivity index (χ4n) is 2.54.